The summed E-state index contributed by atoms with van der Waals surface area (Å²) in [7, 11) is 0. The van der Waals surface area contributed by atoms with Crippen LogP contribution in [0.3, 0.4) is 0 Å². The average molecular weight is 410 g/mol. The van der Waals surface area contributed by atoms with Crippen molar-refractivity contribution in [2.24, 2.45) is 10.2 Å². The van der Waals surface area contributed by atoms with Gasteiger partial charge >= 0.3 is 0 Å². The molecule has 28 heavy (non-hydrogen) atoms. The quantitative estimate of drug-likeness (QED) is 0.396. The van der Waals surface area contributed by atoms with Gasteiger partial charge in [-0.1, -0.05) is 53.5 Å². The highest BCUT2D eigenvalue weighted by atomic mass is 35.5. The van der Waals surface area contributed by atoms with Crippen molar-refractivity contribution in [2.75, 3.05) is 0 Å². The first-order valence-corrected chi connectivity index (χ1v) is 9.11. The van der Waals surface area contributed by atoms with Crippen LogP contribution in [0.2, 0.25) is 10.0 Å². The lowest BCUT2D eigenvalue weighted by molar-refractivity contribution is 0.481. The fraction of sp³-hybridized carbons (Fsp3) is 0. The summed E-state index contributed by atoms with van der Waals surface area (Å²) in [5.74, 6) is -0.241. The number of fused-ring (bicyclic) bond motifs is 1. The Hall–Kier alpha value is -3.15. The van der Waals surface area contributed by atoms with Crippen molar-refractivity contribution in [1.29, 1.82) is 0 Å². The smallest absolute Gasteiger partial charge is 0.287 e. The Balaban J connectivity index is 1.98. The second-order valence-corrected chi connectivity index (χ2v) is 6.83. The number of azo groups is 1. The van der Waals surface area contributed by atoms with Crippen LogP contribution in [-0.2, 0) is 0 Å². The molecule has 0 spiro atoms. The third-order valence-electron chi connectivity index (χ3n) is 4.21. The fourth-order valence-electron chi connectivity index (χ4n) is 2.90. The van der Waals surface area contributed by atoms with E-state index in [9.17, 15) is 9.90 Å². The van der Waals surface area contributed by atoms with Gasteiger partial charge in [-0.25, -0.2) is 0 Å². The van der Waals surface area contributed by atoms with Gasteiger partial charge in [0.25, 0.3) is 5.56 Å². The molecular formula is C21H13Cl2N3O2. The van der Waals surface area contributed by atoms with Crippen molar-refractivity contribution < 1.29 is 5.11 Å². The van der Waals surface area contributed by atoms with Crippen molar-refractivity contribution >= 4 is 45.5 Å². The van der Waals surface area contributed by atoms with Gasteiger partial charge in [-0.05, 0) is 42.5 Å². The Morgan fingerprint density at radius 2 is 1.57 bits per heavy atom. The lowest BCUT2D eigenvalue weighted by atomic mass is 10.1. The molecule has 0 aliphatic heterocycles. The number of aromatic hydroxyl groups is 1. The maximum atomic E-state index is 13.2. The van der Waals surface area contributed by atoms with E-state index in [1.807, 2.05) is 18.2 Å². The van der Waals surface area contributed by atoms with E-state index < -0.39 is 5.56 Å². The Labute approximate surface area is 170 Å². The van der Waals surface area contributed by atoms with E-state index in [4.69, 9.17) is 23.2 Å². The minimum absolute atomic E-state index is 0.182. The lowest BCUT2D eigenvalue weighted by Crippen LogP contribution is -2.18. The number of para-hydroxylation sites is 2. The zero-order valence-electron chi connectivity index (χ0n) is 14.4. The van der Waals surface area contributed by atoms with Gasteiger partial charge in [-0.3, -0.25) is 9.36 Å². The number of pyridine rings is 1. The van der Waals surface area contributed by atoms with Gasteiger partial charge in [0.1, 0.15) is 5.69 Å². The van der Waals surface area contributed by atoms with E-state index in [1.165, 1.54) is 10.6 Å². The number of benzene rings is 3. The van der Waals surface area contributed by atoms with Crippen LogP contribution >= 0.6 is 23.2 Å². The minimum atomic E-state index is -0.496. The van der Waals surface area contributed by atoms with Crippen LogP contribution < -0.4 is 5.56 Å². The second-order valence-electron chi connectivity index (χ2n) is 5.99. The van der Waals surface area contributed by atoms with Crippen LogP contribution in [0.5, 0.6) is 5.75 Å². The Morgan fingerprint density at radius 3 is 2.36 bits per heavy atom. The molecule has 7 heteroatoms. The maximum Gasteiger partial charge on any atom is 0.287 e. The third-order valence-corrected chi connectivity index (χ3v) is 4.77. The first-order chi connectivity index (χ1) is 13.6. The molecule has 0 amide bonds. The molecule has 0 unspecified atom stereocenters. The number of rotatable bonds is 3. The fourth-order valence-corrected chi connectivity index (χ4v) is 3.22. The molecule has 1 aromatic heterocycles. The highest BCUT2D eigenvalue weighted by Gasteiger charge is 2.17. The Kier molecular flexibility index (Phi) is 4.86. The molecule has 0 bridgehead atoms. The Morgan fingerprint density at radius 1 is 0.857 bits per heavy atom. The third kappa shape index (κ3) is 3.26. The van der Waals surface area contributed by atoms with E-state index in [-0.39, 0.29) is 11.4 Å². The van der Waals surface area contributed by atoms with Crippen molar-refractivity contribution in [2.45, 2.75) is 0 Å². The summed E-state index contributed by atoms with van der Waals surface area (Å²) in [6, 6.07) is 20.9. The molecule has 0 fully saturated rings. The zero-order chi connectivity index (χ0) is 19.7. The van der Waals surface area contributed by atoms with Crippen LogP contribution in [0.15, 0.2) is 87.8 Å². The van der Waals surface area contributed by atoms with Gasteiger partial charge < -0.3 is 5.11 Å². The van der Waals surface area contributed by atoms with Crippen LogP contribution in [0.1, 0.15) is 0 Å². The predicted molar refractivity (Wildman–Crippen MR) is 112 cm³/mol. The molecule has 4 rings (SSSR count). The van der Waals surface area contributed by atoms with E-state index in [2.05, 4.69) is 10.2 Å². The van der Waals surface area contributed by atoms with Crippen LogP contribution in [0.4, 0.5) is 11.4 Å². The summed E-state index contributed by atoms with van der Waals surface area (Å²) in [6.45, 7) is 0. The molecule has 0 saturated carbocycles. The van der Waals surface area contributed by atoms with Gasteiger partial charge in [0.05, 0.1) is 10.5 Å². The maximum absolute atomic E-state index is 13.2. The van der Waals surface area contributed by atoms with Crippen LogP contribution in [0.25, 0.3) is 16.6 Å². The van der Waals surface area contributed by atoms with E-state index in [0.29, 0.717) is 32.3 Å². The number of nitrogens with zero attached hydrogens (tertiary/aromatic N) is 3. The van der Waals surface area contributed by atoms with Crippen molar-refractivity contribution in [3.8, 4) is 11.4 Å². The molecule has 1 N–H and O–H groups in total. The van der Waals surface area contributed by atoms with E-state index >= 15 is 0 Å². The minimum Gasteiger partial charge on any atom is -0.505 e. The molecule has 0 radical (unpaired) electrons. The molecule has 0 atom stereocenters. The lowest BCUT2D eigenvalue weighted by Gasteiger charge is -2.13. The van der Waals surface area contributed by atoms with Crippen molar-refractivity contribution in [3.05, 3.63) is 93.2 Å². The van der Waals surface area contributed by atoms with Gasteiger partial charge in [-0.2, -0.15) is 0 Å². The number of hydrogen-bond donors (Lipinski definition) is 1. The molecular weight excluding hydrogens is 397 g/mol. The highest BCUT2D eigenvalue weighted by molar-refractivity contribution is 6.35. The molecule has 138 valence electrons. The summed E-state index contributed by atoms with van der Waals surface area (Å²) >= 11 is 12.1. The SMILES string of the molecule is O=c1c(N=Nc2cc(Cl)ccc2Cl)c(O)c2ccccc2n1-c1ccccc1. The normalized spacial score (nSPS) is 11.4. The van der Waals surface area contributed by atoms with Gasteiger partial charge in [0.15, 0.2) is 11.4 Å². The summed E-state index contributed by atoms with van der Waals surface area (Å²) in [5, 5.41) is 20.0. The standard InChI is InChI=1S/C21H13Cl2N3O2/c22-13-10-11-16(23)17(12-13)24-25-19-20(27)15-8-4-5-9-18(15)26(21(19)28)14-6-2-1-3-7-14/h1-12,27H. The molecule has 4 aromatic rings. The monoisotopic (exact) mass is 409 g/mol. The first-order valence-electron chi connectivity index (χ1n) is 8.35. The molecule has 0 aliphatic rings. The molecule has 1 heterocycles. The Bertz CT molecular complexity index is 1270. The van der Waals surface area contributed by atoms with Gasteiger partial charge in [-0.15, -0.1) is 10.2 Å². The predicted octanol–water partition coefficient (Wildman–Crippen LogP) is 6.42. The largest absolute Gasteiger partial charge is 0.505 e. The number of aromatic nitrogens is 1. The van der Waals surface area contributed by atoms with Crippen molar-refractivity contribution in [1.82, 2.24) is 4.57 Å². The summed E-state index contributed by atoms with van der Waals surface area (Å²) in [4.78, 5) is 13.2. The molecule has 3 aromatic carbocycles. The van der Waals surface area contributed by atoms with Crippen molar-refractivity contribution in [3.63, 3.8) is 0 Å². The number of halogens is 2. The zero-order valence-corrected chi connectivity index (χ0v) is 15.9. The second kappa shape index (κ2) is 7.46. The topological polar surface area (TPSA) is 66.9 Å². The average Bonchev–Trinajstić information content (AvgIpc) is 2.71. The first kappa shape index (κ1) is 18.2. The van der Waals surface area contributed by atoms with Gasteiger partial charge in [0.2, 0.25) is 0 Å². The number of hydrogen-bond acceptors (Lipinski definition) is 4. The molecule has 0 aliphatic carbocycles. The molecule has 0 saturated heterocycles. The van der Waals surface area contributed by atoms with Gasteiger partial charge in [0, 0.05) is 16.1 Å². The van der Waals surface area contributed by atoms with Crippen LogP contribution in [-0.4, -0.2) is 9.67 Å². The summed E-state index contributed by atoms with van der Waals surface area (Å²) < 4.78 is 1.49. The van der Waals surface area contributed by atoms with E-state index in [1.54, 1.807) is 48.5 Å². The summed E-state index contributed by atoms with van der Waals surface area (Å²) in [6.07, 6.45) is 0. The highest BCUT2D eigenvalue weighted by Crippen LogP contribution is 2.35. The summed E-state index contributed by atoms with van der Waals surface area (Å²) in [5.41, 5.74) is 0.840. The van der Waals surface area contributed by atoms with E-state index in [0.717, 1.165) is 0 Å². The van der Waals surface area contributed by atoms with Crippen LogP contribution in [0, 0.1) is 0 Å². The molecule has 5 nitrogen and oxygen atoms in total.